The lowest BCUT2D eigenvalue weighted by Gasteiger charge is -2.04. The normalized spacial score (nSPS) is 15.9. The summed E-state index contributed by atoms with van der Waals surface area (Å²) in [5, 5.41) is 18.3. The first-order valence-electron chi connectivity index (χ1n) is 4.20. The molecule has 0 aromatic carbocycles. The van der Waals surface area contributed by atoms with Crippen LogP contribution in [0.4, 0.5) is 0 Å². The Morgan fingerprint density at radius 3 is 2.69 bits per heavy atom. The number of nitrogens with zero attached hydrogens (tertiary/aromatic N) is 1. The topological polar surface area (TPSA) is 53.4 Å². The number of aromatic nitrogens is 1. The second kappa shape index (κ2) is 3.29. The molecule has 1 heterocycles. The third-order valence-electron chi connectivity index (χ3n) is 2.20. The summed E-state index contributed by atoms with van der Waals surface area (Å²) in [7, 11) is -1.46. The van der Waals surface area contributed by atoms with Crippen molar-refractivity contribution < 1.29 is 10.0 Å². The zero-order valence-electron chi connectivity index (χ0n) is 6.94. The Bertz CT molecular complexity index is 328. The molecule has 0 saturated heterocycles. The van der Waals surface area contributed by atoms with Crippen molar-refractivity contribution in [2.75, 3.05) is 0 Å². The molecular formula is C8H9BClNO2. The molecule has 1 aromatic rings. The van der Waals surface area contributed by atoms with Crippen LogP contribution in [0, 0.1) is 0 Å². The maximum absolute atomic E-state index is 8.91. The van der Waals surface area contributed by atoms with Gasteiger partial charge in [-0.25, -0.2) is 4.98 Å². The molecule has 0 unspecified atom stereocenters. The summed E-state index contributed by atoms with van der Waals surface area (Å²) in [4.78, 5) is 3.91. The number of hydrogen-bond acceptors (Lipinski definition) is 3. The van der Waals surface area contributed by atoms with Crippen LogP contribution in [0.3, 0.4) is 0 Å². The van der Waals surface area contributed by atoms with Gasteiger partial charge in [0.1, 0.15) is 5.15 Å². The van der Waals surface area contributed by atoms with E-state index in [1.54, 1.807) is 6.07 Å². The van der Waals surface area contributed by atoms with Crippen molar-refractivity contribution in [2.24, 2.45) is 0 Å². The fourth-order valence-electron chi connectivity index (χ4n) is 1.30. The van der Waals surface area contributed by atoms with E-state index in [4.69, 9.17) is 21.6 Å². The van der Waals surface area contributed by atoms with E-state index in [1.165, 1.54) is 6.20 Å². The third-order valence-corrected chi connectivity index (χ3v) is 2.52. The summed E-state index contributed by atoms with van der Waals surface area (Å²) >= 11 is 5.86. The van der Waals surface area contributed by atoms with E-state index >= 15 is 0 Å². The van der Waals surface area contributed by atoms with Gasteiger partial charge in [0.15, 0.2) is 0 Å². The highest BCUT2D eigenvalue weighted by Crippen LogP contribution is 2.42. The molecule has 0 atom stereocenters. The SMILES string of the molecule is OB(O)c1cnc(Cl)c(C2CC2)c1. The first-order chi connectivity index (χ1) is 6.18. The molecule has 68 valence electrons. The molecule has 1 aliphatic rings. The first-order valence-corrected chi connectivity index (χ1v) is 4.58. The van der Waals surface area contributed by atoms with Crippen LogP contribution in [0.2, 0.25) is 5.15 Å². The summed E-state index contributed by atoms with van der Waals surface area (Å²) in [6.45, 7) is 0. The van der Waals surface area contributed by atoms with Crippen molar-refractivity contribution in [3.8, 4) is 0 Å². The van der Waals surface area contributed by atoms with Gasteiger partial charge in [-0.2, -0.15) is 0 Å². The Kier molecular flexibility index (Phi) is 2.28. The van der Waals surface area contributed by atoms with Gasteiger partial charge in [0.2, 0.25) is 0 Å². The van der Waals surface area contributed by atoms with Gasteiger partial charge in [0.05, 0.1) is 0 Å². The van der Waals surface area contributed by atoms with Crippen LogP contribution in [0.15, 0.2) is 12.3 Å². The maximum Gasteiger partial charge on any atom is 0.490 e. The number of hydrogen-bond donors (Lipinski definition) is 2. The molecule has 1 aromatic heterocycles. The maximum atomic E-state index is 8.91. The monoisotopic (exact) mass is 197 g/mol. The highest BCUT2D eigenvalue weighted by atomic mass is 35.5. The predicted molar refractivity (Wildman–Crippen MR) is 51.0 cm³/mol. The molecule has 2 rings (SSSR count). The summed E-state index contributed by atoms with van der Waals surface area (Å²) in [6, 6.07) is 1.72. The number of rotatable bonds is 2. The van der Waals surface area contributed by atoms with E-state index in [0.29, 0.717) is 16.5 Å². The van der Waals surface area contributed by atoms with Crippen LogP contribution in [0.25, 0.3) is 0 Å². The van der Waals surface area contributed by atoms with Gasteiger partial charge >= 0.3 is 7.12 Å². The average molecular weight is 197 g/mol. The second-order valence-corrected chi connectivity index (χ2v) is 3.65. The van der Waals surface area contributed by atoms with Gasteiger partial charge in [0, 0.05) is 11.7 Å². The Balaban J connectivity index is 2.36. The average Bonchev–Trinajstić information content (AvgIpc) is 2.87. The molecule has 13 heavy (non-hydrogen) atoms. The highest BCUT2D eigenvalue weighted by molar-refractivity contribution is 6.58. The van der Waals surface area contributed by atoms with Crippen molar-refractivity contribution in [2.45, 2.75) is 18.8 Å². The molecule has 5 heteroatoms. The molecular weight excluding hydrogens is 188 g/mol. The van der Waals surface area contributed by atoms with Crippen LogP contribution >= 0.6 is 11.6 Å². The molecule has 0 bridgehead atoms. The van der Waals surface area contributed by atoms with Gasteiger partial charge in [-0.3, -0.25) is 0 Å². The smallest absolute Gasteiger partial charge is 0.423 e. The van der Waals surface area contributed by atoms with Gasteiger partial charge in [-0.1, -0.05) is 17.7 Å². The van der Waals surface area contributed by atoms with Crippen LogP contribution in [-0.2, 0) is 0 Å². The van der Waals surface area contributed by atoms with Crippen molar-refractivity contribution in [1.82, 2.24) is 4.98 Å². The van der Waals surface area contributed by atoms with Gasteiger partial charge < -0.3 is 10.0 Å². The van der Waals surface area contributed by atoms with Crippen LogP contribution in [0.1, 0.15) is 24.3 Å². The first kappa shape index (κ1) is 9.00. The van der Waals surface area contributed by atoms with E-state index in [2.05, 4.69) is 4.98 Å². The molecule has 0 aliphatic heterocycles. The lowest BCUT2D eigenvalue weighted by Crippen LogP contribution is -2.30. The standard InChI is InChI=1S/C8H9BClNO2/c10-8-7(5-1-2-5)3-6(4-11-8)9(12)13/h3-5,12-13H,1-2H2. The summed E-state index contributed by atoms with van der Waals surface area (Å²) in [5.74, 6) is 0.471. The van der Waals surface area contributed by atoms with Crippen LogP contribution < -0.4 is 5.46 Å². The lowest BCUT2D eigenvalue weighted by atomic mass is 9.81. The Hall–Kier alpha value is -0.575. The fraction of sp³-hybridized carbons (Fsp3) is 0.375. The van der Waals surface area contributed by atoms with Crippen molar-refractivity contribution in [3.63, 3.8) is 0 Å². The Morgan fingerprint density at radius 2 is 2.15 bits per heavy atom. The molecule has 0 radical (unpaired) electrons. The molecule has 1 fully saturated rings. The number of halogens is 1. The van der Waals surface area contributed by atoms with E-state index in [0.717, 1.165) is 18.4 Å². The minimum absolute atomic E-state index is 0.409. The quantitative estimate of drug-likeness (QED) is 0.529. The van der Waals surface area contributed by atoms with E-state index in [9.17, 15) is 0 Å². The van der Waals surface area contributed by atoms with Gasteiger partial charge in [-0.15, -0.1) is 0 Å². The highest BCUT2D eigenvalue weighted by Gasteiger charge is 2.27. The van der Waals surface area contributed by atoms with E-state index in [-0.39, 0.29) is 0 Å². The summed E-state index contributed by atoms with van der Waals surface area (Å²) in [5.41, 5.74) is 1.35. The molecule has 3 nitrogen and oxygen atoms in total. The summed E-state index contributed by atoms with van der Waals surface area (Å²) < 4.78 is 0. The van der Waals surface area contributed by atoms with E-state index < -0.39 is 7.12 Å². The van der Waals surface area contributed by atoms with E-state index in [1.807, 2.05) is 0 Å². The van der Waals surface area contributed by atoms with Crippen molar-refractivity contribution >= 4 is 24.2 Å². The Labute approximate surface area is 81.5 Å². The molecule has 1 saturated carbocycles. The van der Waals surface area contributed by atoms with Crippen LogP contribution in [-0.4, -0.2) is 22.2 Å². The molecule has 2 N–H and O–H groups in total. The largest absolute Gasteiger partial charge is 0.490 e. The van der Waals surface area contributed by atoms with Gasteiger partial charge in [0.25, 0.3) is 0 Å². The minimum Gasteiger partial charge on any atom is -0.423 e. The minimum atomic E-state index is -1.46. The fourth-order valence-corrected chi connectivity index (χ4v) is 1.56. The van der Waals surface area contributed by atoms with Crippen molar-refractivity contribution in [1.29, 1.82) is 0 Å². The van der Waals surface area contributed by atoms with Gasteiger partial charge in [-0.05, 0) is 24.3 Å². The number of pyridine rings is 1. The summed E-state index contributed by atoms with van der Waals surface area (Å²) in [6.07, 6.45) is 3.62. The predicted octanol–water partition coefficient (Wildman–Crippen LogP) is 0.292. The molecule has 1 aliphatic carbocycles. The molecule has 0 amide bonds. The Morgan fingerprint density at radius 1 is 1.46 bits per heavy atom. The zero-order valence-corrected chi connectivity index (χ0v) is 7.70. The lowest BCUT2D eigenvalue weighted by molar-refractivity contribution is 0.425. The van der Waals surface area contributed by atoms with Crippen molar-refractivity contribution in [3.05, 3.63) is 23.0 Å². The zero-order chi connectivity index (χ0) is 9.42. The van der Waals surface area contributed by atoms with Crippen LogP contribution in [0.5, 0.6) is 0 Å². The third kappa shape index (κ3) is 1.85. The second-order valence-electron chi connectivity index (χ2n) is 3.30. The molecule has 0 spiro atoms.